The molecule has 1 heterocycles. The third-order valence-corrected chi connectivity index (χ3v) is 4.88. The van der Waals surface area contributed by atoms with Crippen molar-refractivity contribution in [3.63, 3.8) is 0 Å². The summed E-state index contributed by atoms with van der Waals surface area (Å²) >= 11 is 1.79. The van der Waals surface area contributed by atoms with Crippen LogP contribution in [0.1, 0.15) is 31.2 Å². The van der Waals surface area contributed by atoms with Gasteiger partial charge in [0.2, 0.25) is 0 Å². The van der Waals surface area contributed by atoms with Crippen molar-refractivity contribution in [3.05, 3.63) is 53.5 Å². The maximum atomic E-state index is 4.64. The highest BCUT2D eigenvalue weighted by Crippen LogP contribution is 2.33. The lowest BCUT2D eigenvalue weighted by Crippen LogP contribution is -2.18. The van der Waals surface area contributed by atoms with E-state index in [1.54, 1.807) is 11.3 Å². The Labute approximate surface area is 129 Å². The average Bonchev–Trinajstić information content (AvgIpc) is 3.02. The van der Waals surface area contributed by atoms with Crippen LogP contribution in [0.5, 0.6) is 0 Å². The number of hydrogen-bond donors (Lipinski definition) is 1. The second kappa shape index (κ2) is 6.37. The number of hydrogen-bond acceptors (Lipinski definition) is 3. The Morgan fingerprint density at radius 3 is 2.81 bits per heavy atom. The van der Waals surface area contributed by atoms with Crippen LogP contribution < -0.4 is 5.32 Å². The van der Waals surface area contributed by atoms with Crippen LogP contribution in [0.2, 0.25) is 0 Å². The molecule has 0 spiro atoms. The highest BCUT2D eigenvalue weighted by molar-refractivity contribution is 7.15. The van der Waals surface area contributed by atoms with Crippen molar-refractivity contribution in [2.45, 2.75) is 26.3 Å². The van der Waals surface area contributed by atoms with E-state index in [1.807, 2.05) is 6.20 Å². The van der Waals surface area contributed by atoms with Gasteiger partial charge in [0.05, 0.1) is 0 Å². The van der Waals surface area contributed by atoms with Crippen molar-refractivity contribution in [2.75, 3.05) is 6.54 Å². The molecule has 0 radical (unpaired) electrons. The van der Waals surface area contributed by atoms with Crippen molar-refractivity contribution in [2.24, 2.45) is 0 Å². The van der Waals surface area contributed by atoms with Crippen molar-refractivity contribution in [3.8, 4) is 10.6 Å². The molecule has 0 bridgehead atoms. The minimum atomic E-state index is 0.367. The lowest BCUT2D eigenvalue weighted by molar-refractivity contribution is 0.577. The molecule has 21 heavy (non-hydrogen) atoms. The fourth-order valence-corrected chi connectivity index (χ4v) is 3.47. The molecule has 0 aliphatic rings. The van der Waals surface area contributed by atoms with E-state index in [1.165, 1.54) is 21.2 Å². The minimum Gasteiger partial charge on any atom is -0.309 e. The molecule has 1 atom stereocenters. The number of aromatic nitrogens is 1. The van der Waals surface area contributed by atoms with Crippen LogP contribution in [-0.4, -0.2) is 11.5 Å². The smallest absolute Gasteiger partial charge is 0.124 e. The number of benzene rings is 2. The van der Waals surface area contributed by atoms with Gasteiger partial charge in [-0.15, -0.1) is 11.3 Å². The van der Waals surface area contributed by atoms with Crippen LogP contribution in [0.15, 0.2) is 48.7 Å². The fourth-order valence-electron chi connectivity index (χ4n) is 2.48. The molecular formula is C18H20N2S. The second-order valence-corrected chi connectivity index (χ2v) is 6.33. The van der Waals surface area contributed by atoms with E-state index in [4.69, 9.17) is 0 Å². The highest BCUT2D eigenvalue weighted by atomic mass is 32.1. The summed E-state index contributed by atoms with van der Waals surface area (Å²) in [6, 6.07) is 15.3. The molecule has 1 N–H and O–H groups in total. The van der Waals surface area contributed by atoms with Crippen LogP contribution in [0.4, 0.5) is 0 Å². The van der Waals surface area contributed by atoms with E-state index in [9.17, 15) is 0 Å². The molecule has 3 aromatic rings. The normalized spacial score (nSPS) is 12.7. The summed E-state index contributed by atoms with van der Waals surface area (Å²) in [5.41, 5.74) is 1.23. The topological polar surface area (TPSA) is 24.9 Å². The Morgan fingerprint density at radius 2 is 1.95 bits per heavy atom. The van der Waals surface area contributed by atoms with Gasteiger partial charge in [0.25, 0.3) is 0 Å². The summed E-state index contributed by atoms with van der Waals surface area (Å²) in [7, 11) is 0. The van der Waals surface area contributed by atoms with Gasteiger partial charge in [0, 0.05) is 22.7 Å². The first kappa shape index (κ1) is 14.2. The summed E-state index contributed by atoms with van der Waals surface area (Å²) in [5.74, 6) is 0. The Bertz CT molecular complexity index is 727. The van der Waals surface area contributed by atoms with Gasteiger partial charge in [0.15, 0.2) is 0 Å². The average molecular weight is 296 g/mol. The molecule has 0 saturated carbocycles. The Hall–Kier alpha value is -1.71. The maximum Gasteiger partial charge on any atom is 0.124 e. The lowest BCUT2D eigenvalue weighted by Gasteiger charge is -2.09. The lowest BCUT2D eigenvalue weighted by atomic mass is 10.1. The fraction of sp³-hybridized carbons (Fsp3) is 0.278. The van der Waals surface area contributed by atoms with E-state index in [0.29, 0.717) is 6.04 Å². The molecule has 3 heteroatoms. The van der Waals surface area contributed by atoms with Gasteiger partial charge in [-0.3, -0.25) is 0 Å². The molecule has 2 nitrogen and oxygen atoms in total. The minimum absolute atomic E-state index is 0.367. The first-order chi connectivity index (χ1) is 10.3. The molecule has 0 saturated heterocycles. The van der Waals surface area contributed by atoms with E-state index in [2.05, 4.69) is 66.6 Å². The third kappa shape index (κ3) is 2.99. The Balaban J connectivity index is 1.95. The number of nitrogens with zero attached hydrogens (tertiary/aromatic N) is 1. The molecule has 1 aromatic heterocycles. The number of fused-ring (bicyclic) bond motifs is 1. The van der Waals surface area contributed by atoms with Crippen molar-refractivity contribution in [1.29, 1.82) is 0 Å². The quantitative estimate of drug-likeness (QED) is 0.714. The van der Waals surface area contributed by atoms with Gasteiger partial charge in [0.1, 0.15) is 5.01 Å². The van der Waals surface area contributed by atoms with Crippen LogP contribution in [0.25, 0.3) is 21.3 Å². The largest absolute Gasteiger partial charge is 0.309 e. The monoisotopic (exact) mass is 296 g/mol. The predicted octanol–water partition coefficient (Wildman–Crippen LogP) is 5.02. The first-order valence-electron chi connectivity index (χ1n) is 7.47. The summed E-state index contributed by atoms with van der Waals surface area (Å²) in [4.78, 5) is 5.94. The zero-order valence-corrected chi connectivity index (χ0v) is 13.3. The molecule has 108 valence electrons. The molecule has 0 fully saturated rings. The number of thiazole rings is 1. The summed E-state index contributed by atoms with van der Waals surface area (Å²) in [6.07, 6.45) is 3.16. The van der Waals surface area contributed by atoms with Gasteiger partial charge in [-0.1, -0.05) is 49.4 Å². The van der Waals surface area contributed by atoms with Crippen molar-refractivity contribution < 1.29 is 0 Å². The van der Waals surface area contributed by atoms with Crippen LogP contribution in [0, 0.1) is 0 Å². The van der Waals surface area contributed by atoms with Gasteiger partial charge in [-0.2, -0.15) is 0 Å². The predicted molar refractivity (Wildman–Crippen MR) is 91.8 cm³/mol. The summed E-state index contributed by atoms with van der Waals surface area (Å²) in [5, 5.41) is 7.17. The molecule has 1 unspecified atom stereocenters. The SMILES string of the molecule is CCCNC(C)c1cnc(-c2cccc3ccccc23)s1. The van der Waals surface area contributed by atoms with E-state index in [-0.39, 0.29) is 0 Å². The molecule has 0 aliphatic heterocycles. The van der Waals surface area contributed by atoms with Gasteiger partial charge in [-0.25, -0.2) is 4.98 Å². The van der Waals surface area contributed by atoms with Crippen molar-refractivity contribution >= 4 is 22.1 Å². The van der Waals surface area contributed by atoms with Gasteiger partial charge in [-0.05, 0) is 30.7 Å². The van der Waals surface area contributed by atoms with Gasteiger partial charge >= 0.3 is 0 Å². The third-order valence-electron chi connectivity index (χ3n) is 3.67. The van der Waals surface area contributed by atoms with Crippen LogP contribution in [-0.2, 0) is 0 Å². The van der Waals surface area contributed by atoms with Crippen LogP contribution >= 0.6 is 11.3 Å². The molecule has 0 aliphatic carbocycles. The van der Waals surface area contributed by atoms with Gasteiger partial charge < -0.3 is 5.32 Å². The first-order valence-corrected chi connectivity index (χ1v) is 8.28. The zero-order valence-electron chi connectivity index (χ0n) is 12.5. The van der Waals surface area contributed by atoms with Crippen molar-refractivity contribution in [1.82, 2.24) is 10.3 Å². The number of nitrogens with one attached hydrogen (secondary N) is 1. The highest BCUT2D eigenvalue weighted by Gasteiger charge is 2.12. The number of rotatable bonds is 5. The molecule has 0 amide bonds. The standard InChI is InChI=1S/C18H20N2S/c1-3-11-19-13(2)17-12-20-18(21-17)16-10-6-8-14-7-4-5-9-15(14)16/h4-10,12-13,19H,3,11H2,1-2H3. The summed E-state index contributed by atoms with van der Waals surface area (Å²) < 4.78 is 0. The molecule has 2 aromatic carbocycles. The van der Waals surface area contributed by atoms with E-state index < -0.39 is 0 Å². The van der Waals surface area contributed by atoms with E-state index >= 15 is 0 Å². The second-order valence-electron chi connectivity index (χ2n) is 5.27. The van der Waals surface area contributed by atoms with E-state index in [0.717, 1.165) is 18.0 Å². The molecule has 3 rings (SSSR count). The zero-order chi connectivity index (χ0) is 14.7. The molecular weight excluding hydrogens is 276 g/mol. The maximum absolute atomic E-state index is 4.64. The Kier molecular flexibility index (Phi) is 4.32. The van der Waals surface area contributed by atoms with Crippen LogP contribution in [0.3, 0.4) is 0 Å². The summed E-state index contributed by atoms with van der Waals surface area (Å²) in [6.45, 7) is 5.44. The Morgan fingerprint density at radius 1 is 1.14 bits per heavy atom.